The number of carbonyl (C=O) groups is 1. The summed E-state index contributed by atoms with van der Waals surface area (Å²) in [7, 11) is 0. The maximum Gasteiger partial charge on any atom is 0.185 e. The third-order valence-electron chi connectivity index (χ3n) is 4.13. The Bertz CT molecular complexity index is 722. The Morgan fingerprint density at radius 1 is 0.926 bits per heavy atom. The van der Waals surface area contributed by atoms with Crippen molar-refractivity contribution in [3.8, 4) is 11.5 Å². The molecule has 0 aliphatic heterocycles. The summed E-state index contributed by atoms with van der Waals surface area (Å²) in [5.74, 6) is 1.38. The van der Waals surface area contributed by atoms with E-state index in [-0.39, 0.29) is 5.78 Å². The van der Waals surface area contributed by atoms with Gasteiger partial charge in [0.1, 0.15) is 11.5 Å². The number of hydrogen-bond donors (Lipinski definition) is 1. The highest BCUT2D eigenvalue weighted by molar-refractivity contribution is 6.07. The van der Waals surface area contributed by atoms with Crippen molar-refractivity contribution < 1.29 is 14.3 Å². The number of anilines is 1. The molecule has 0 aliphatic carbocycles. The predicted molar refractivity (Wildman–Crippen MR) is 111 cm³/mol. The number of nitrogens with two attached hydrogens (primary N) is 1. The molecule has 2 N–H and O–H groups in total. The molecule has 2 aromatic rings. The third kappa shape index (κ3) is 6.48. The first kappa shape index (κ1) is 20.6. The molecule has 2 aromatic carbocycles. The molecule has 2 rings (SSSR count). The molecule has 4 nitrogen and oxygen atoms in total. The predicted octanol–water partition coefficient (Wildman–Crippen LogP) is 5.52. The SMILES string of the molecule is CCCCOc1cccc(OCCCC)c1/C=C/C(=O)c1ccc(N)cc1. The molecule has 0 amide bonds. The van der Waals surface area contributed by atoms with E-state index in [2.05, 4.69) is 13.8 Å². The van der Waals surface area contributed by atoms with Gasteiger partial charge in [-0.3, -0.25) is 4.79 Å². The molecule has 0 radical (unpaired) electrons. The maximum absolute atomic E-state index is 12.5. The minimum Gasteiger partial charge on any atom is -0.493 e. The smallest absolute Gasteiger partial charge is 0.185 e. The van der Waals surface area contributed by atoms with Gasteiger partial charge in [0.15, 0.2) is 5.78 Å². The average Bonchev–Trinajstić information content (AvgIpc) is 2.68. The molecule has 27 heavy (non-hydrogen) atoms. The van der Waals surface area contributed by atoms with Crippen molar-refractivity contribution in [2.45, 2.75) is 39.5 Å². The molecule has 0 unspecified atom stereocenters. The summed E-state index contributed by atoms with van der Waals surface area (Å²) >= 11 is 0. The number of unbranched alkanes of at least 4 members (excludes halogenated alkanes) is 2. The van der Waals surface area contributed by atoms with Crippen molar-refractivity contribution in [2.24, 2.45) is 0 Å². The molecule has 0 aromatic heterocycles. The van der Waals surface area contributed by atoms with E-state index in [0.717, 1.165) is 42.7 Å². The van der Waals surface area contributed by atoms with Gasteiger partial charge in [-0.05, 0) is 61.4 Å². The highest BCUT2D eigenvalue weighted by Crippen LogP contribution is 2.30. The minimum absolute atomic E-state index is 0.0853. The Labute approximate surface area is 162 Å². The van der Waals surface area contributed by atoms with Crippen LogP contribution in [-0.4, -0.2) is 19.0 Å². The fourth-order valence-electron chi connectivity index (χ4n) is 2.50. The second kappa shape index (κ2) is 11.1. The second-order valence-electron chi connectivity index (χ2n) is 6.39. The summed E-state index contributed by atoms with van der Waals surface area (Å²) in [6, 6.07) is 12.6. The number of benzene rings is 2. The van der Waals surface area contributed by atoms with Crippen molar-refractivity contribution in [3.05, 3.63) is 59.7 Å². The van der Waals surface area contributed by atoms with Crippen LogP contribution in [0.2, 0.25) is 0 Å². The van der Waals surface area contributed by atoms with E-state index >= 15 is 0 Å². The van der Waals surface area contributed by atoms with E-state index in [1.807, 2.05) is 18.2 Å². The zero-order chi connectivity index (χ0) is 19.5. The van der Waals surface area contributed by atoms with E-state index in [4.69, 9.17) is 15.2 Å². The van der Waals surface area contributed by atoms with E-state index in [0.29, 0.717) is 24.5 Å². The summed E-state index contributed by atoms with van der Waals surface area (Å²) in [5.41, 5.74) is 7.72. The molecule has 0 bridgehead atoms. The number of hydrogen-bond acceptors (Lipinski definition) is 4. The summed E-state index contributed by atoms with van der Waals surface area (Å²) < 4.78 is 11.8. The van der Waals surface area contributed by atoms with Crippen LogP contribution in [0.15, 0.2) is 48.5 Å². The van der Waals surface area contributed by atoms with Gasteiger partial charge < -0.3 is 15.2 Å². The number of nitrogen functional groups attached to an aromatic ring is 1. The molecule has 0 fully saturated rings. The summed E-state index contributed by atoms with van der Waals surface area (Å²) in [6.45, 7) is 5.53. The van der Waals surface area contributed by atoms with Crippen molar-refractivity contribution in [1.29, 1.82) is 0 Å². The van der Waals surface area contributed by atoms with Crippen molar-refractivity contribution in [2.75, 3.05) is 18.9 Å². The standard InChI is InChI=1S/C23H29NO3/c1-3-5-16-26-22-8-7-9-23(27-17-6-4-2)20(22)14-15-21(25)18-10-12-19(24)13-11-18/h7-15H,3-6,16-17,24H2,1-2H3/b15-14+. The normalized spacial score (nSPS) is 10.9. The number of ketones is 1. The van der Waals surface area contributed by atoms with Gasteiger partial charge in [-0.15, -0.1) is 0 Å². The van der Waals surface area contributed by atoms with Crippen LogP contribution in [0.25, 0.3) is 6.08 Å². The molecule has 0 saturated carbocycles. The van der Waals surface area contributed by atoms with Crippen LogP contribution < -0.4 is 15.2 Å². The molecule has 0 heterocycles. The lowest BCUT2D eigenvalue weighted by molar-refractivity contribution is 0.104. The Hall–Kier alpha value is -2.75. The number of ether oxygens (including phenoxy) is 2. The fraction of sp³-hybridized carbons (Fsp3) is 0.348. The van der Waals surface area contributed by atoms with Crippen LogP contribution in [0.5, 0.6) is 11.5 Å². The van der Waals surface area contributed by atoms with Crippen LogP contribution in [-0.2, 0) is 0 Å². The number of carbonyl (C=O) groups excluding carboxylic acids is 1. The van der Waals surface area contributed by atoms with E-state index < -0.39 is 0 Å². The number of allylic oxidation sites excluding steroid dienone is 1. The van der Waals surface area contributed by atoms with Gasteiger partial charge >= 0.3 is 0 Å². The largest absolute Gasteiger partial charge is 0.493 e. The molecule has 144 valence electrons. The topological polar surface area (TPSA) is 61.5 Å². The lowest BCUT2D eigenvalue weighted by atomic mass is 10.1. The van der Waals surface area contributed by atoms with Gasteiger partial charge in [0.2, 0.25) is 0 Å². The molecular formula is C23H29NO3. The van der Waals surface area contributed by atoms with Crippen LogP contribution in [0.3, 0.4) is 0 Å². The molecule has 0 aliphatic rings. The van der Waals surface area contributed by atoms with Gasteiger partial charge in [0.25, 0.3) is 0 Å². The van der Waals surface area contributed by atoms with Crippen LogP contribution in [0.1, 0.15) is 55.5 Å². The highest BCUT2D eigenvalue weighted by atomic mass is 16.5. The quantitative estimate of drug-likeness (QED) is 0.246. The van der Waals surface area contributed by atoms with Gasteiger partial charge in [0, 0.05) is 11.3 Å². The first-order chi connectivity index (χ1) is 13.2. The molecule has 0 atom stereocenters. The summed E-state index contributed by atoms with van der Waals surface area (Å²) in [6.07, 6.45) is 7.42. The molecule has 0 spiro atoms. The molecular weight excluding hydrogens is 338 g/mol. The van der Waals surface area contributed by atoms with Gasteiger partial charge in [-0.2, -0.15) is 0 Å². The van der Waals surface area contributed by atoms with E-state index in [1.165, 1.54) is 0 Å². The first-order valence-electron chi connectivity index (χ1n) is 9.62. The van der Waals surface area contributed by atoms with E-state index in [1.54, 1.807) is 36.4 Å². The van der Waals surface area contributed by atoms with Crippen molar-refractivity contribution >= 4 is 17.5 Å². The Balaban J connectivity index is 2.23. The highest BCUT2D eigenvalue weighted by Gasteiger charge is 2.10. The first-order valence-corrected chi connectivity index (χ1v) is 9.62. The molecule has 4 heteroatoms. The van der Waals surface area contributed by atoms with Crippen LogP contribution >= 0.6 is 0 Å². The van der Waals surface area contributed by atoms with E-state index in [9.17, 15) is 4.79 Å². The van der Waals surface area contributed by atoms with Crippen molar-refractivity contribution in [1.82, 2.24) is 0 Å². The van der Waals surface area contributed by atoms with Gasteiger partial charge in [-0.1, -0.05) is 32.8 Å². The summed E-state index contributed by atoms with van der Waals surface area (Å²) in [4.78, 5) is 12.5. The Morgan fingerprint density at radius 3 is 2.00 bits per heavy atom. The second-order valence-corrected chi connectivity index (χ2v) is 6.39. The monoisotopic (exact) mass is 367 g/mol. The van der Waals surface area contributed by atoms with Crippen molar-refractivity contribution in [3.63, 3.8) is 0 Å². The van der Waals surface area contributed by atoms with Gasteiger partial charge in [0.05, 0.1) is 18.8 Å². The average molecular weight is 367 g/mol. The van der Waals surface area contributed by atoms with Crippen LogP contribution in [0, 0.1) is 0 Å². The summed E-state index contributed by atoms with van der Waals surface area (Å²) in [5, 5.41) is 0. The zero-order valence-electron chi connectivity index (χ0n) is 16.2. The van der Waals surface area contributed by atoms with Crippen LogP contribution in [0.4, 0.5) is 5.69 Å². The lowest BCUT2D eigenvalue weighted by Gasteiger charge is -2.14. The zero-order valence-corrected chi connectivity index (χ0v) is 16.2. The molecule has 0 saturated heterocycles. The number of rotatable bonds is 11. The Morgan fingerprint density at radius 2 is 1.48 bits per heavy atom. The Kier molecular flexibility index (Phi) is 8.43. The fourth-order valence-corrected chi connectivity index (χ4v) is 2.50. The maximum atomic E-state index is 12.5. The third-order valence-corrected chi connectivity index (χ3v) is 4.13. The lowest BCUT2D eigenvalue weighted by Crippen LogP contribution is -2.02. The minimum atomic E-state index is -0.0853. The van der Waals surface area contributed by atoms with Gasteiger partial charge in [-0.25, -0.2) is 0 Å².